The second-order valence-electron chi connectivity index (χ2n) is 4.04. The molecule has 19 heavy (non-hydrogen) atoms. The molecule has 0 aliphatic rings. The zero-order valence-corrected chi connectivity index (χ0v) is 12.1. The first-order valence-corrected chi connectivity index (χ1v) is 6.63. The summed E-state index contributed by atoms with van der Waals surface area (Å²) in [6, 6.07) is 7.27. The van der Waals surface area contributed by atoms with Crippen LogP contribution in [0.4, 0.5) is 0 Å². The third kappa shape index (κ3) is 4.24. The Morgan fingerprint density at radius 2 is 2.11 bits per heavy atom. The first-order chi connectivity index (χ1) is 9.13. The number of carbonyl (C=O) groups is 1. The summed E-state index contributed by atoms with van der Waals surface area (Å²) in [4.78, 5) is 16.8. The Balaban J connectivity index is 3.07. The van der Waals surface area contributed by atoms with Gasteiger partial charge in [-0.1, -0.05) is 36.3 Å². The van der Waals surface area contributed by atoms with Gasteiger partial charge in [-0.3, -0.25) is 0 Å². The minimum absolute atomic E-state index is 0.138. The Hall–Kier alpha value is -1.55. The molecule has 0 spiro atoms. The minimum Gasteiger partial charge on any atom is -0.458 e. The molecule has 0 fully saturated rings. The van der Waals surface area contributed by atoms with Crippen LogP contribution in [0, 0.1) is 0 Å². The predicted octanol–water partition coefficient (Wildman–Crippen LogP) is 3.12. The van der Waals surface area contributed by atoms with E-state index in [2.05, 4.69) is 5.16 Å². The Morgan fingerprint density at radius 3 is 2.68 bits per heavy atom. The number of hydrogen-bond acceptors (Lipinski definition) is 4. The summed E-state index contributed by atoms with van der Waals surface area (Å²) >= 11 is 5.87. The van der Waals surface area contributed by atoms with Gasteiger partial charge in [-0.25, -0.2) is 4.79 Å². The monoisotopic (exact) mass is 283 g/mol. The molecular formula is C14H18ClNO3. The van der Waals surface area contributed by atoms with E-state index < -0.39 is 5.97 Å². The van der Waals surface area contributed by atoms with Crippen LogP contribution >= 0.6 is 11.6 Å². The maximum Gasteiger partial charge on any atom is 0.361 e. The number of halogens is 1. The lowest BCUT2D eigenvalue weighted by Crippen LogP contribution is -2.24. The van der Waals surface area contributed by atoms with Gasteiger partial charge in [0.25, 0.3) is 0 Å². The quantitative estimate of drug-likeness (QED) is 0.349. The molecule has 0 aliphatic heterocycles. The number of rotatable bonds is 6. The van der Waals surface area contributed by atoms with E-state index in [9.17, 15) is 4.79 Å². The van der Waals surface area contributed by atoms with E-state index in [0.29, 0.717) is 5.56 Å². The third-order valence-corrected chi connectivity index (χ3v) is 2.96. The Kier molecular flexibility index (Phi) is 6.36. The molecular weight excluding hydrogens is 266 g/mol. The van der Waals surface area contributed by atoms with E-state index in [4.69, 9.17) is 21.2 Å². The summed E-state index contributed by atoms with van der Waals surface area (Å²) < 4.78 is 5.28. The normalized spacial score (nSPS) is 12.9. The number of alkyl halides is 1. The molecule has 0 heterocycles. The second kappa shape index (κ2) is 7.79. The highest BCUT2D eigenvalue weighted by Gasteiger charge is 2.21. The molecule has 1 aromatic rings. The lowest BCUT2D eigenvalue weighted by Gasteiger charge is -2.13. The van der Waals surface area contributed by atoms with Crippen LogP contribution in [0.5, 0.6) is 0 Å². The fourth-order valence-corrected chi connectivity index (χ4v) is 1.71. The highest BCUT2D eigenvalue weighted by atomic mass is 35.5. The Morgan fingerprint density at radius 1 is 1.42 bits per heavy atom. The lowest BCUT2D eigenvalue weighted by molar-refractivity contribution is -0.140. The zero-order valence-electron chi connectivity index (χ0n) is 11.4. The second-order valence-corrected chi connectivity index (χ2v) is 4.30. The standard InChI is InChI=1S/C14H18ClNO3/c1-4-10(2)19-14(17)13(16-18-3)12-8-6-5-7-11(12)9-15/h5-8,10H,4,9H2,1-3H3. The minimum atomic E-state index is -0.506. The van der Waals surface area contributed by atoms with Gasteiger partial charge >= 0.3 is 5.97 Å². The molecule has 1 unspecified atom stereocenters. The molecule has 4 nitrogen and oxygen atoms in total. The molecule has 0 radical (unpaired) electrons. The van der Waals surface area contributed by atoms with Crippen molar-refractivity contribution in [2.45, 2.75) is 32.3 Å². The van der Waals surface area contributed by atoms with Crippen molar-refractivity contribution in [2.75, 3.05) is 7.11 Å². The summed E-state index contributed by atoms with van der Waals surface area (Å²) in [7, 11) is 1.39. The zero-order chi connectivity index (χ0) is 14.3. The fourth-order valence-electron chi connectivity index (χ4n) is 1.48. The molecule has 0 saturated carbocycles. The Bertz CT molecular complexity index is 460. The van der Waals surface area contributed by atoms with E-state index in [1.54, 1.807) is 6.07 Å². The van der Waals surface area contributed by atoms with Gasteiger partial charge in [-0.15, -0.1) is 11.6 Å². The van der Waals surface area contributed by atoms with E-state index >= 15 is 0 Å². The van der Waals surface area contributed by atoms with Gasteiger partial charge in [0.05, 0.1) is 6.10 Å². The number of oxime groups is 1. The van der Waals surface area contributed by atoms with Crippen molar-refractivity contribution in [3.05, 3.63) is 35.4 Å². The van der Waals surface area contributed by atoms with Crippen molar-refractivity contribution in [2.24, 2.45) is 5.16 Å². The highest BCUT2D eigenvalue weighted by molar-refractivity contribution is 6.43. The van der Waals surface area contributed by atoms with Crippen molar-refractivity contribution in [3.63, 3.8) is 0 Å². The van der Waals surface area contributed by atoms with Crippen LogP contribution in [0.1, 0.15) is 31.4 Å². The molecule has 0 aromatic heterocycles. The van der Waals surface area contributed by atoms with Crippen molar-refractivity contribution in [1.29, 1.82) is 0 Å². The van der Waals surface area contributed by atoms with E-state index in [1.165, 1.54) is 7.11 Å². The maximum absolute atomic E-state index is 12.1. The van der Waals surface area contributed by atoms with E-state index in [1.807, 2.05) is 32.0 Å². The highest BCUT2D eigenvalue weighted by Crippen LogP contribution is 2.14. The van der Waals surface area contributed by atoms with Crippen LogP contribution in [0.2, 0.25) is 0 Å². The Labute approximate surface area is 118 Å². The number of benzene rings is 1. The van der Waals surface area contributed by atoms with Crippen molar-refractivity contribution in [3.8, 4) is 0 Å². The van der Waals surface area contributed by atoms with Crippen molar-refractivity contribution >= 4 is 23.3 Å². The molecule has 104 valence electrons. The van der Waals surface area contributed by atoms with Gasteiger partial charge in [-0.2, -0.15) is 0 Å². The topological polar surface area (TPSA) is 47.9 Å². The molecule has 0 aliphatic carbocycles. The molecule has 1 aromatic carbocycles. The largest absolute Gasteiger partial charge is 0.458 e. The molecule has 0 amide bonds. The van der Waals surface area contributed by atoms with Crippen LogP contribution in [0.3, 0.4) is 0 Å². The summed E-state index contributed by atoms with van der Waals surface area (Å²) in [5.41, 5.74) is 1.58. The molecule has 1 atom stereocenters. The van der Waals surface area contributed by atoms with Crippen molar-refractivity contribution < 1.29 is 14.4 Å². The maximum atomic E-state index is 12.1. The average molecular weight is 284 g/mol. The van der Waals surface area contributed by atoms with Gasteiger partial charge < -0.3 is 9.57 Å². The van der Waals surface area contributed by atoms with Gasteiger partial charge in [0, 0.05) is 11.4 Å². The average Bonchev–Trinajstić information content (AvgIpc) is 2.44. The first-order valence-electron chi connectivity index (χ1n) is 6.10. The van der Waals surface area contributed by atoms with E-state index in [0.717, 1.165) is 12.0 Å². The summed E-state index contributed by atoms with van der Waals surface area (Å²) in [6.45, 7) is 3.77. The molecule has 0 saturated heterocycles. The fraction of sp³-hybridized carbons (Fsp3) is 0.429. The van der Waals surface area contributed by atoms with Crippen LogP contribution in [0.25, 0.3) is 0 Å². The van der Waals surface area contributed by atoms with Gasteiger partial charge in [0.2, 0.25) is 0 Å². The molecule has 0 N–H and O–H groups in total. The number of hydrogen-bond donors (Lipinski definition) is 0. The van der Waals surface area contributed by atoms with Crippen molar-refractivity contribution in [1.82, 2.24) is 0 Å². The smallest absolute Gasteiger partial charge is 0.361 e. The van der Waals surface area contributed by atoms with Gasteiger partial charge in [-0.05, 0) is 18.9 Å². The molecule has 5 heteroatoms. The third-order valence-electron chi connectivity index (χ3n) is 2.68. The number of esters is 1. The summed E-state index contributed by atoms with van der Waals surface area (Å²) in [5.74, 6) is -0.219. The molecule has 0 bridgehead atoms. The van der Waals surface area contributed by atoms with Crippen LogP contribution < -0.4 is 0 Å². The van der Waals surface area contributed by atoms with Crippen LogP contribution in [-0.2, 0) is 20.2 Å². The predicted molar refractivity (Wildman–Crippen MR) is 75.4 cm³/mol. The first kappa shape index (κ1) is 15.5. The number of carbonyl (C=O) groups excluding carboxylic acids is 1. The summed E-state index contributed by atoms with van der Waals surface area (Å²) in [6.07, 6.45) is 0.570. The molecule has 1 rings (SSSR count). The summed E-state index contributed by atoms with van der Waals surface area (Å²) in [5, 5.41) is 3.77. The van der Waals surface area contributed by atoms with Crippen LogP contribution in [-0.4, -0.2) is 24.9 Å². The van der Waals surface area contributed by atoms with Gasteiger partial charge in [0.1, 0.15) is 7.11 Å². The SMILES string of the molecule is CCC(C)OC(=O)C(=NOC)c1ccccc1CCl. The number of ether oxygens (including phenoxy) is 1. The van der Waals surface area contributed by atoms with Crippen LogP contribution in [0.15, 0.2) is 29.4 Å². The lowest BCUT2D eigenvalue weighted by atomic mass is 10.0. The van der Waals surface area contributed by atoms with Gasteiger partial charge in [0.15, 0.2) is 5.71 Å². The number of nitrogens with zero attached hydrogens (tertiary/aromatic N) is 1. The van der Waals surface area contributed by atoms with E-state index in [-0.39, 0.29) is 17.7 Å².